The first-order valence-electron chi connectivity index (χ1n) is 10.4. The lowest BCUT2D eigenvalue weighted by Crippen LogP contribution is -2.45. The summed E-state index contributed by atoms with van der Waals surface area (Å²) in [5.41, 5.74) is 2.11. The second kappa shape index (κ2) is 8.63. The fourth-order valence-electron chi connectivity index (χ4n) is 3.65. The van der Waals surface area contributed by atoms with Crippen molar-refractivity contribution in [1.29, 1.82) is 0 Å². The molecule has 0 saturated carbocycles. The van der Waals surface area contributed by atoms with Crippen molar-refractivity contribution in [3.05, 3.63) is 89.5 Å². The normalized spacial score (nSPS) is 15.7. The van der Waals surface area contributed by atoms with Gasteiger partial charge in [-0.25, -0.2) is 8.42 Å². The zero-order valence-corrected chi connectivity index (χ0v) is 18.8. The molecule has 0 radical (unpaired) electrons. The van der Waals surface area contributed by atoms with E-state index in [0.29, 0.717) is 11.6 Å². The summed E-state index contributed by atoms with van der Waals surface area (Å²) in [5, 5.41) is 3.37. The number of rotatable bonds is 5. The molecule has 3 aromatic carbocycles. The number of sulfone groups is 1. The number of Topliss-reactive ketones (excluding diaryl/α,β-unsaturated/α-hetero) is 1. The van der Waals surface area contributed by atoms with E-state index in [2.05, 4.69) is 24.5 Å². The Morgan fingerprint density at radius 1 is 0.939 bits per heavy atom. The Hall–Kier alpha value is -3.78. The Kier molecular flexibility index (Phi) is 5.86. The monoisotopic (exact) mass is 462 g/mol. The summed E-state index contributed by atoms with van der Waals surface area (Å²) in [6, 6.07) is 19.0. The molecule has 33 heavy (non-hydrogen) atoms. The smallest absolute Gasteiger partial charge is 0.255 e. The van der Waals surface area contributed by atoms with Gasteiger partial charge in [0.25, 0.3) is 11.8 Å². The predicted octanol–water partition coefficient (Wildman–Crippen LogP) is 4.04. The van der Waals surface area contributed by atoms with Gasteiger partial charge < -0.3 is 10.6 Å². The van der Waals surface area contributed by atoms with E-state index in [-0.39, 0.29) is 21.7 Å². The second-order valence-electron chi connectivity index (χ2n) is 8.08. The van der Waals surface area contributed by atoms with Crippen molar-refractivity contribution in [1.82, 2.24) is 0 Å². The van der Waals surface area contributed by atoms with E-state index in [1.807, 2.05) is 12.1 Å². The molecule has 0 bridgehead atoms. The molecule has 4 rings (SSSR count). The molecule has 1 atom stereocenters. The predicted molar refractivity (Wildman–Crippen MR) is 125 cm³/mol. The average Bonchev–Trinajstić information content (AvgIpc) is 2.79. The van der Waals surface area contributed by atoms with Gasteiger partial charge in [-0.1, -0.05) is 44.2 Å². The minimum Gasteiger partial charge on any atom is -0.324 e. The molecular formula is C25H22N2O5S. The number of carbonyl (C=O) groups excluding carboxylic acids is 3. The molecule has 8 heteroatoms. The zero-order chi connectivity index (χ0) is 23.8. The van der Waals surface area contributed by atoms with Crippen LogP contribution in [0.3, 0.4) is 0 Å². The van der Waals surface area contributed by atoms with E-state index in [0.717, 1.165) is 5.56 Å². The Labute approximate surface area is 191 Å². The standard InChI is InChI=1S/C25H22N2O5S/c1-15(2)16-8-11-18(12-9-16)26-24(29)17-10-13-20-21(14-17)27-25(30)23(22(20)28)33(31,32)19-6-4-3-5-7-19/h3-15,23H,1-2H3,(H,26,29)(H,27,30). The molecule has 1 aliphatic rings. The van der Waals surface area contributed by atoms with Gasteiger partial charge in [-0.15, -0.1) is 0 Å². The number of benzene rings is 3. The van der Waals surface area contributed by atoms with Gasteiger partial charge in [0.2, 0.25) is 5.25 Å². The van der Waals surface area contributed by atoms with Crippen molar-refractivity contribution in [2.45, 2.75) is 29.9 Å². The Bertz CT molecular complexity index is 1350. The van der Waals surface area contributed by atoms with Crippen molar-refractivity contribution >= 4 is 38.8 Å². The number of anilines is 2. The third-order valence-corrected chi connectivity index (χ3v) is 7.48. The van der Waals surface area contributed by atoms with E-state index in [9.17, 15) is 22.8 Å². The molecule has 1 aliphatic heterocycles. The molecular weight excluding hydrogens is 440 g/mol. The summed E-state index contributed by atoms with van der Waals surface area (Å²) in [6.45, 7) is 4.15. The maximum absolute atomic E-state index is 13.0. The number of hydrogen-bond donors (Lipinski definition) is 2. The SMILES string of the molecule is CC(C)c1ccc(NC(=O)c2ccc3c(c2)NC(=O)C(S(=O)(=O)c2ccccc2)C3=O)cc1. The molecule has 1 unspecified atom stereocenters. The quantitative estimate of drug-likeness (QED) is 0.556. The molecule has 168 valence electrons. The lowest BCUT2D eigenvalue weighted by Gasteiger charge is -2.24. The minimum absolute atomic E-state index is 0.0388. The third-order valence-electron chi connectivity index (χ3n) is 5.50. The molecule has 2 amide bonds. The first-order valence-corrected chi connectivity index (χ1v) is 11.9. The second-order valence-corrected chi connectivity index (χ2v) is 10.1. The van der Waals surface area contributed by atoms with Gasteiger partial charge in [0.1, 0.15) is 0 Å². The highest BCUT2D eigenvalue weighted by atomic mass is 32.2. The number of ketones is 1. The summed E-state index contributed by atoms with van der Waals surface area (Å²) in [5.74, 6) is -1.83. The number of fused-ring (bicyclic) bond motifs is 1. The van der Waals surface area contributed by atoms with Crippen LogP contribution in [0, 0.1) is 0 Å². The average molecular weight is 463 g/mol. The fourth-order valence-corrected chi connectivity index (χ4v) is 5.20. The highest BCUT2D eigenvalue weighted by Crippen LogP contribution is 2.30. The molecule has 0 fully saturated rings. The summed E-state index contributed by atoms with van der Waals surface area (Å²) in [6.07, 6.45) is 0. The highest BCUT2D eigenvalue weighted by Gasteiger charge is 2.44. The van der Waals surface area contributed by atoms with Crippen LogP contribution in [0.2, 0.25) is 0 Å². The molecule has 3 aromatic rings. The minimum atomic E-state index is -4.22. The Balaban J connectivity index is 1.58. The summed E-state index contributed by atoms with van der Waals surface area (Å²) < 4.78 is 25.8. The molecule has 0 aliphatic carbocycles. The van der Waals surface area contributed by atoms with E-state index >= 15 is 0 Å². The van der Waals surface area contributed by atoms with Crippen molar-refractivity contribution < 1.29 is 22.8 Å². The maximum Gasteiger partial charge on any atom is 0.255 e. The van der Waals surface area contributed by atoms with E-state index in [1.54, 1.807) is 18.2 Å². The van der Waals surface area contributed by atoms with Gasteiger partial charge in [0, 0.05) is 16.8 Å². The first-order chi connectivity index (χ1) is 15.7. The number of hydrogen-bond acceptors (Lipinski definition) is 5. The van der Waals surface area contributed by atoms with Crippen molar-refractivity contribution in [3.63, 3.8) is 0 Å². The number of nitrogens with one attached hydrogen (secondary N) is 2. The van der Waals surface area contributed by atoms with Crippen LogP contribution in [0.25, 0.3) is 0 Å². The first kappa shape index (κ1) is 22.4. The van der Waals surface area contributed by atoms with Crippen molar-refractivity contribution in [3.8, 4) is 0 Å². The van der Waals surface area contributed by atoms with Crippen LogP contribution < -0.4 is 10.6 Å². The van der Waals surface area contributed by atoms with Gasteiger partial charge in [-0.2, -0.15) is 0 Å². The lowest BCUT2D eigenvalue weighted by molar-refractivity contribution is -0.115. The van der Waals surface area contributed by atoms with Crippen LogP contribution >= 0.6 is 0 Å². The maximum atomic E-state index is 13.0. The van der Waals surface area contributed by atoms with Crippen molar-refractivity contribution in [2.75, 3.05) is 10.6 Å². The largest absolute Gasteiger partial charge is 0.324 e. The van der Waals surface area contributed by atoms with Crippen LogP contribution in [0.5, 0.6) is 0 Å². The van der Waals surface area contributed by atoms with Gasteiger partial charge >= 0.3 is 0 Å². The molecule has 7 nitrogen and oxygen atoms in total. The van der Waals surface area contributed by atoms with Gasteiger partial charge in [0.05, 0.1) is 10.6 Å². The molecule has 1 heterocycles. The van der Waals surface area contributed by atoms with E-state index in [1.165, 1.54) is 42.5 Å². The van der Waals surface area contributed by atoms with Crippen LogP contribution in [0.15, 0.2) is 77.7 Å². The molecule has 2 N–H and O–H groups in total. The summed E-state index contributed by atoms with van der Waals surface area (Å²) in [4.78, 5) is 38.2. The van der Waals surface area contributed by atoms with Crippen LogP contribution in [-0.2, 0) is 14.6 Å². The summed E-state index contributed by atoms with van der Waals surface area (Å²) >= 11 is 0. The van der Waals surface area contributed by atoms with E-state index < -0.39 is 32.7 Å². The lowest BCUT2D eigenvalue weighted by atomic mass is 9.99. The molecule has 0 aromatic heterocycles. The van der Waals surface area contributed by atoms with Crippen LogP contribution in [-0.4, -0.2) is 31.3 Å². The number of carbonyl (C=O) groups is 3. The number of amides is 2. The Morgan fingerprint density at radius 2 is 1.61 bits per heavy atom. The highest BCUT2D eigenvalue weighted by molar-refractivity contribution is 7.93. The van der Waals surface area contributed by atoms with Gasteiger partial charge in [-0.05, 0) is 53.9 Å². The van der Waals surface area contributed by atoms with Crippen LogP contribution in [0.4, 0.5) is 11.4 Å². The van der Waals surface area contributed by atoms with E-state index in [4.69, 9.17) is 0 Å². The van der Waals surface area contributed by atoms with Gasteiger partial charge in [0.15, 0.2) is 15.6 Å². The summed E-state index contributed by atoms with van der Waals surface area (Å²) in [7, 11) is -4.22. The third kappa shape index (κ3) is 4.29. The zero-order valence-electron chi connectivity index (χ0n) is 18.0. The molecule has 0 saturated heterocycles. The molecule has 0 spiro atoms. The fraction of sp³-hybridized carbons (Fsp3) is 0.160. The Morgan fingerprint density at radius 3 is 2.24 bits per heavy atom. The topological polar surface area (TPSA) is 109 Å². The van der Waals surface area contributed by atoms with Crippen molar-refractivity contribution in [2.24, 2.45) is 0 Å². The van der Waals surface area contributed by atoms with Crippen LogP contribution in [0.1, 0.15) is 46.0 Å². The van der Waals surface area contributed by atoms with Gasteiger partial charge in [-0.3, -0.25) is 14.4 Å².